The number of hydrogen-bond donors (Lipinski definition) is 1. The molecule has 0 amide bonds. The quantitative estimate of drug-likeness (QED) is 0.416. The Morgan fingerprint density at radius 3 is 2.05 bits per heavy atom. The first-order valence-electron chi connectivity index (χ1n) is 6.17. The van der Waals surface area contributed by atoms with Gasteiger partial charge in [0.25, 0.3) is 0 Å². The molecule has 1 rings (SSSR count). The molecule has 0 spiro atoms. The normalized spacial score (nSPS) is 32.1. The second-order valence-corrected chi connectivity index (χ2v) is 5.52. The van der Waals surface area contributed by atoms with Gasteiger partial charge in [-0.2, -0.15) is 0 Å². The van der Waals surface area contributed by atoms with Crippen LogP contribution in [0.5, 0.6) is 0 Å². The van der Waals surface area contributed by atoms with Gasteiger partial charge in [0, 0.05) is 20.8 Å². The molecule has 21 heavy (non-hydrogen) atoms. The van der Waals surface area contributed by atoms with Crippen molar-refractivity contribution in [3.63, 3.8) is 0 Å². The fourth-order valence-electron chi connectivity index (χ4n) is 1.88. The van der Waals surface area contributed by atoms with Crippen molar-refractivity contribution in [1.82, 2.24) is 0 Å². The zero-order chi connectivity index (χ0) is 16.2. The second kappa shape index (κ2) is 7.71. The summed E-state index contributed by atoms with van der Waals surface area (Å²) < 4.78 is 20.2. The van der Waals surface area contributed by atoms with Crippen molar-refractivity contribution in [3.05, 3.63) is 0 Å². The first kappa shape index (κ1) is 17.9. The largest absolute Gasteiger partial charge is 0.463 e. The summed E-state index contributed by atoms with van der Waals surface area (Å²) in [7, 11) is 0. The van der Waals surface area contributed by atoms with Crippen LogP contribution in [0.15, 0.2) is 0 Å². The smallest absolute Gasteiger partial charge is 0.303 e. The lowest BCUT2D eigenvalue weighted by Crippen LogP contribution is -2.59. The first-order valence-corrected chi connectivity index (χ1v) is 7.09. The highest BCUT2D eigenvalue weighted by Gasteiger charge is 2.48. The number of rotatable bonds is 4. The molecule has 1 fully saturated rings. The highest BCUT2D eigenvalue weighted by atomic mass is 79.9. The molecule has 0 aromatic rings. The number of ether oxygens (including phenoxy) is 4. The Bertz CT molecular complexity index is 412. The summed E-state index contributed by atoms with van der Waals surface area (Å²) in [6.45, 7) is 3.33. The minimum absolute atomic E-state index is 0.248. The summed E-state index contributed by atoms with van der Waals surface area (Å²) in [5, 5.41) is 9.81. The van der Waals surface area contributed by atoms with Crippen LogP contribution in [0.1, 0.15) is 20.8 Å². The summed E-state index contributed by atoms with van der Waals surface area (Å²) in [6.07, 6.45) is -4.26. The van der Waals surface area contributed by atoms with E-state index in [1.807, 2.05) is 0 Å². The van der Waals surface area contributed by atoms with Crippen LogP contribution in [0.25, 0.3) is 0 Å². The van der Waals surface area contributed by atoms with Crippen molar-refractivity contribution in [2.45, 2.75) is 50.2 Å². The molecule has 0 aliphatic carbocycles. The van der Waals surface area contributed by atoms with E-state index in [-0.39, 0.29) is 6.61 Å². The van der Waals surface area contributed by atoms with E-state index in [9.17, 15) is 19.5 Å². The lowest BCUT2D eigenvalue weighted by Gasteiger charge is -2.41. The Morgan fingerprint density at radius 2 is 1.57 bits per heavy atom. The fraction of sp³-hybridized carbons (Fsp3) is 0.750. The number of halogens is 1. The van der Waals surface area contributed by atoms with Crippen LogP contribution in [0.3, 0.4) is 0 Å². The molecule has 5 unspecified atom stereocenters. The highest BCUT2D eigenvalue weighted by molar-refractivity contribution is 9.09. The molecule has 0 saturated carbocycles. The van der Waals surface area contributed by atoms with Crippen molar-refractivity contribution in [1.29, 1.82) is 0 Å². The predicted octanol–water partition coefficient (Wildman–Crippen LogP) is -0.106. The van der Waals surface area contributed by atoms with Crippen LogP contribution in [0, 0.1) is 0 Å². The highest BCUT2D eigenvalue weighted by Crippen LogP contribution is 2.30. The molecule has 1 saturated heterocycles. The van der Waals surface area contributed by atoms with Gasteiger partial charge in [0.2, 0.25) is 0 Å². The van der Waals surface area contributed by atoms with Crippen molar-refractivity contribution in [2.24, 2.45) is 0 Å². The van der Waals surface area contributed by atoms with E-state index in [1.54, 1.807) is 0 Å². The number of carbonyl (C=O) groups excluding carboxylic acids is 3. The standard InChI is InChI=1S/C12H17BrO8/c1-5(14)18-4-8-10(19-6(2)15)11(20-7(3)16)9(13)12(17)21-8/h8-12,17H,4H2,1-3H3. The van der Waals surface area contributed by atoms with E-state index in [0.717, 1.165) is 0 Å². The van der Waals surface area contributed by atoms with Gasteiger partial charge >= 0.3 is 17.9 Å². The minimum Gasteiger partial charge on any atom is -0.463 e. The van der Waals surface area contributed by atoms with Gasteiger partial charge in [-0.25, -0.2) is 0 Å². The average Bonchev–Trinajstić information content (AvgIpc) is 2.35. The number of carbonyl (C=O) groups is 3. The monoisotopic (exact) mass is 368 g/mol. The van der Waals surface area contributed by atoms with E-state index < -0.39 is 47.3 Å². The molecule has 5 atom stereocenters. The topological polar surface area (TPSA) is 108 Å². The molecule has 0 aromatic carbocycles. The lowest BCUT2D eigenvalue weighted by atomic mass is 10.0. The Morgan fingerprint density at radius 1 is 1.05 bits per heavy atom. The van der Waals surface area contributed by atoms with E-state index >= 15 is 0 Å². The van der Waals surface area contributed by atoms with Crippen molar-refractivity contribution >= 4 is 33.8 Å². The molecule has 1 N–H and O–H groups in total. The van der Waals surface area contributed by atoms with Crippen LogP contribution in [0.2, 0.25) is 0 Å². The van der Waals surface area contributed by atoms with Crippen LogP contribution in [-0.4, -0.2) is 59.1 Å². The predicted molar refractivity (Wildman–Crippen MR) is 71.3 cm³/mol. The van der Waals surface area contributed by atoms with E-state index in [1.165, 1.54) is 20.8 Å². The van der Waals surface area contributed by atoms with Gasteiger partial charge in [0.1, 0.15) is 17.5 Å². The zero-order valence-electron chi connectivity index (χ0n) is 11.8. The summed E-state index contributed by atoms with van der Waals surface area (Å²) in [4.78, 5) is 32.5. The van der Waals surface area contributed by atoms with Gasteiger partial charge in [-0.05, 0) is 0 Å². The Labute approximate surface area is 129 Å². The first-order chi connectivity index (χ1) is 9.72. The molecule has 1 aliphatic heterocycles. The summed E-state index contributed by atoms with van der Waals surface area (Å²) >= 11 is 3.14. The molecule has 1 heterocycles. The van der Waals surface area contributed by atoms with Gasteiger partial charge in [-0.15, -0.1) is 0 Å². The molecule has 120 valence electrons. The molecular formula is C12H17BrO8. The molecular weight excluding hydrogens is 352 g/mol. The van der Waals surface area contributed by atoms with Gasteiger partial charge in [0.05, 0.1) is 0 Å². The summed E-state index contributed by atoms with van der Waals surface area (Å²) in [6, 6.07) is 0. The van der Waals surface area contributed by atoms with Gasteiger partial charge in [-0.1, -0.05) is 15.9 Å². The molecule has 0 radical (unpaired) electrons. The molecule has 8 nitrogen and oxygen atoms in total. The fourth-order valence-corrected chi connectivity index (χ4v) is 2.41. The molecule has 0 aromatic heterocycles. The SMILES string of the molecule is CC(=O)OCC1OC(O)C(Br)C(OC(C)=O)C1OC(C)=O. The van der Waals surface area contributed by atoms with Gasteiger partial charge < -0.3 is 24.1 Å². The lowest BCUT2D eigenvalue weighted by molar-refractivity contribution is -0.248. The average molecular weight is 369 g/mol. The summed E-state index contributed by atoms with van der Waals surface area (Å²) in [5.74, 6) is -1.79. The molecule has 1 aliphatic rings. The van der Waals surface area contributed by atoms with Crippen LogP contribution < -0.4 is 0 Å². The third-order valence-corrected chi connectivity index (χ3v) is 3.62. The third kappa shape index (κ3) is 5.25. The third-order valence-electron chi connectivity index (χ3n) is 2.65. The number of aliphatic hydroxyl groups excluding tert-OH is 1. The van der Waals surface area contributed by atoms with Gasteiger partial charge in [0.15, 0.2) is 18.5 Å². The Balaban J connectivity index is 2.94. The maximum atomic E-state index is 11.2. The second-order valence-electron chi connectivity index (χ2n) is 4.46. The number of aliphatic hydroxyl groups is 1. The maximum absolute atomic E-state index is 11.2. The van der Waals surface area contributed by atoms with Gasteiger partial charge in [-0.3, -0.25) is 14.4 Å². The number of esters is 3. The van der Waals surface area contributed by atoms with Crippen LogP contribution in [-0.2, 0) is 33.3 Å². The maximum Gasteiger partial charge on any atom is 0.303 e. The van der Waals surface area contributed by atoms with E-state index in [0.29, 0.717) is 0 Å². The van der Waals surface area contributed by atoms with E-state index in [4.69, 9.17) is 18.9 Å². The Hall–Kier alpha value is -1.19. The van der Waals surface area contributed by atoms with Crippen LogP contribution in [0.4, 0.5) is 0 Å². The van der Waals surface area contributed by atoms with Crippen molar-refractivity contribution in [3.8, 4) is 0 Å². The molecule has 9 heteroatoms. The van der Waals surface area contributed by atoms with Crippen molar-refractivity contribution < 1.29 is 38.4 Å². The minimum atomic E-state index is -1.32. The number of alkyl halides is 1. The summed E-state index contributed by atoms with van der Waals surface area (Å²) in [5.41, 5.74) is 0. The zero-order valence-corrected chi connectivity index (χ0v) is 13.4. The van der Waals surface area contributed by atoms with Crippen LogP contribution >= 0.6 is 15.9 Å². The Kier molecular flexibility index (Phi) is 6.56. The van der Waals surface area contributed by atoms with Crippen molar-refractivity contribution in [2.75, 3.05) is 6.61 Å². The number of hydrogen-bond acceptors (Lipinski definition) is 8. The van der Waals surface area contributed by atoms with E-state index in [2.05, 4.69) is 15.9 Å². The molecule has 0 bridgehead atoms.